The Kier molecular flexibility index (Phi) is 2.98. The molecule has 1 aromatic carbocycles. The molecule has 1 atom stereocenters. The van der Waals surface area contributed by atoms with Gasteiger partial charge in [0.2, 0.25) is 0 Å². The molecule has 0 aliphatic heterocycles. The monoisotopic (exact) mass is 231 g/mol. The topological polar surface area (TPSA) is 64.9 Å². The fourth-order valence-corrected chi connectivity index (χ4v) is 1.54. The molecule has 0 radical (unpaired) electrons. The van der Waals surface area contributed by atoms with E-state index in [-0.39, 0.29) is 0 Å². The summed E-state index contributed by atoms with van der Waals surface area (Å²) in [7, 11) is 0. The van der Waals surface area contributed by atoms with Crippen molar-refractivity contribution in [2.24, 2.45) is 5.73 Å². The Morgan fingerprint density at radius 1 is 1.35 bits per heavy atom. The molecule has 0 aliphatic carbocycles. The van der Waals surface area contributed by atoms with Gasteiger partial charge in [-0.15, -0.1) is 0 Å². The zero-order valence-electron chi connectivity index (χ0n) is 10.4. The lowest BCUT2D eigenvalue weighted by Gasteiger charge is -2.16. The van der Waals surface area contributed by atoms with Gasteiger partial charge in [-0.3, -0.25) is 0 Å². The lowest BCUT2D eigenvalue weighted by molar-refractivity contribution is 0.379. The number of aryl methyl sites for hydroxylation is 1. The van der Waals surface area contributed by atoms with Crippen LogP contribution >= 0.6 is 0 Å². The molecule has 0 amide bonds. The number of aromatic nitrogens is 2. The van der Waals surface area contributed by atoms with Crippen LogP contribution in [0.3, 0.4) is 0 Å². The van der Waals surface area contributed by atoms with Crippen molar-refractivity contribution in [1.29, 1.82) is 0 Å². The molecule has 0 aliphatic rings. The van der Waals surface area contributed by atoms with Crippen molar-refractivity contribution >= 4 is 0 Å². The Bertz CT molecular complexity index is 517. The van der Waals surface area contributed by atoms with Crippen molar-refractivity contribution in [1.82, 2.24) is 10.1 Å². The van der Waals surface area contributed by atoms with Gasteiger partial charge in [-0.2, -0.15) is 4.98 Å². The first-order valence-electron chi connectivity index (χ1n) is 5.73. The molecule has 0 spiro atoms. The van der Waals surface area contributed by atoms with Crippen LogP contribution in [-0.2, 0) is 5.54 Å². The van der Waals surface area contributed by atoms with Crippen molar-refractivity contribution in [2.75, 3.05) is 0 Å². The SMILES string of the molecule is CCC(C)(N)c1noc(-c2ccccc2C)n1. The van der Waals surface area contributed by atoms with E-state index in [9.17, 15) is 0 Å². The molecule has 1 aromatic heterocycles. The Labute approximate surface area is 101 Å². The maximum absolute atomic E-state index is 6.08. The van der Waals surface area contributed by atoms with Crippen molar-refractivity contribution in [3.63, 3.8) is 0 Å². The maximum atomic E-state index is 6.08. The average Bonchev–Trinajstić information content (AvgIpc) is 2.79. The number of rotatable bonds is 3. The van der Waals surface area contributed by atoms with Crippen LogP contribution in [0.4, 0.5) is 0 Å². The summed E-state index contributed by atoms with van der Waals surface area (Å²) in [5, 5.41) is 3.97. The largest absolute Gasteiger partial charge is 0.334 e. The molecule has 0 saturated heterocycles. The molecule has 4 heteroatoms. The van der Waals surface area contributed by atoms with Crippen LogP contribution in [0.15, 0.2) is 28.8 Å². The third kappa shape index (κ3) is 2.22. The van der Waals surface area contributed by atoms with Crippen LogP contribution in [0, 0.1) is 6.92 Å². The number of hydrogen-bond acceptors (Lipinski definition) is 4. The molecule has 2 rings (SSSR count). The summed E-state index contributed by atoms with van der Waals surface area (Å²) in [6.07, 6.45) is 0.764. The fraction of sp³-hybridized carbons (Fsp3) is 0.385. The minimum absolute atomic E-state index is 0.531. The van der Waals surface area contributed by atoms with Gasteiger partial charge >= 0.3 is 0 Å². The summed E-state index contributed by atoms with van der Waals surface area (Å²) in [6, 6.07) is 7.91. The van der Waals surface area contributed by atoms with E-state index in [1.54, 1.807) is 0 Å². The van der Waals surface area contributed by atoms with Crippen LogP contribution < -0.4 is 5.73 Å². The van der Waals surface area contributed by atoms with Crippen LogP contribution in [0.5, 0.6) is 0 Å². The molecule has 90 valence electrons. The predicted molar refractivity (Wildman–Crippen MR) is 66.3 cm³/mol. The number of nitrogens with two attached hydrogens (primary N) is 1. The standard InChI is InChI=1S/C13H17N3O/c1-4-13(3,14)12-15-11(17-16-12)10-8-6-5-7-9(10)2/h5-8H,4,14H2,1-3H3. The summed E-state index contributed by atoms with van der Waals surface area (Å²) >= 11 is 0. The number of hydrogen-bond donors (Lipinski definition) is 1. The van der Waals surface area contributed by atoms with Crippen molar-refractivity contribution < 1.29 is 4.52 Å². The minimum Gasteiger partial charge on any atom is -0.334 e. The molecular weight excluding hydrogens is 214 g/mol. The predicted octanol–water partition coefficient (Wildman–Crippen LogP) is 2.63. The van der Waals surface area contributed by atoms with E-state index < -0.39 is 5.54 Å². The molecule has 2 aromatic rings. The molecule has 17 heavy (non-hydrogen) atoms. The first kappa shape index (κ1) is 11.8. The third-order valence-electron chi connectivity index (χ3n) is 3.05. The van der Waals surface area contributed by atoms with Gasteiger partial charge in [0.05, 0.1) is 5.54 Å². The van der Waals surface area contributed by atoms with E-state index in [1.807, 2.05) is 45.0 Å². The summed E-state index contributed by atoms with van der Waals surface area (Å²) in [5.74, 6) is 1.08. The second-order valence-corrected chi connectivity index (χ2v) is 4.51. The van der Waals surface area contributed by atoms with Crippen LogP contribution in [-0.4, -0.2) is 10.1 Å². The van der Waals surface area contributed by atoms with Gasteiger partial charge in [-0.25, -0.2) is 0 Å². The Hall–Kier alpha value is -1.68. The third-order valence-corrected chi connectivity index (χ3v) is 3.05. The van der Waals surface area contributed by atoms with Crippen molar-refractivity contribution in [2.45, 2.75) is 32.7 Å². The van der Waals surface area contributed by atoms with Gasteiger partial charge in [-0.1, -0.05) is 30.3 Å². The number of nitrogens with zero attached hydrogens (tertiary/aromatic N) is 2. The quantitative estimate of drug-likeness (QED) is 0.881. The normalized spacial score (nSPS) is 14.6. The van der Waals surface area contributed by atoms with Crippen LogP contribution in [0.1, 0.15) is 31.7 Å². The zero-order chi connectivity index (χ0) is 12.5. The summed E-state index contributed by atoms with van der Waals surface area (Å²) in [5.41, 5.74) is 7.61. The summed E-state index contributed by atoms with van der Waals surface area (Å²) < 4.78 is 5.28. The van der Waals surface area contributed by atoms with Crippen molar-refractivity contribution in [3.8, 4) is 11.5 Å². The summed E-state index contributed by atoms with van der Waals surface area (Å²) in [4.78, 5) is 4.38. The highest BCUT2D eigenvalue weighted by molar-refractivity contribution is 5.57. The highest BCUT2D eigenvalue weighted by atomic mass is 16.5. The Morgan fingerprint density at radius 2 is 2.06 bits per heavy atom. The second kappa shape index (κ2) is 4.30. The van der Waals surface area contributed by atoms with Gasteiger partial charge in [0, 0.05) is 5.56 Å². The maximum Gasteiger partial charge on any atom is 0.258 e. The highest BCUT2D eigenvalue weighted by Crippen LogP contribution is 2.24. The zero-order valence-corrected chi connectivity index (χ0v) is 10.4. The first-order chi connectivity index (χ1) is 8.04. The van der Waals surface area contributed by atoms with E-state index in [2.05, 4.69) is 10.1 Å². The van der Waals surface area contributed by atoms with E-state index in [0.717, 1.165) is 17.5 Å². The Morgan fingerprint density at radius 3 is 2.71 bits per heavy atom. The van der Waals surface area contributed by atoms with Gasteiger partial charge in [0.15, 0.2) is 5.82 Å². The molecule has 0 bridgehead atoms. The van der Waals surface area contributed by atoms with Gasteiger partial charge in [0.25, 0.3) is 5.89 Å². The molecule has 0 saturated carbocycles. The smallest absolute Gasteiger partial charge is 0.258 e. The van der Waals surface area contributed by atoms with Gasteiger partial charge in [-0.05, 0) is 31.9 Å². The molecular formula is C13H17N3O. The first-order valence-corrected chi connectivity index (χ1v) is 5.73. The Balaban J connectivity index is 2.40. The highest BCUT2D eigenvalue weighted by Gasteiger charge is 2.25. The number of benzene rings is 1. The molecule has 0 fully saturated rings. The van der Waals surface area contributed by atoms with Crippen molar-refractivity contribution in [3.05, 3.63) is 35.7 Å². The lowest BCUT2D eigenvalue weighted by Crippen LogP contribution is -2.33. The van der Waals surface area contributed by atoms with Crippen LogP contribution in [0.25, 0.3) is 11.5 Å². The lowest BCUT2D eigenvalue weighted by atomic mass is 10.00. The molecule has 1 unspecified atom stereocenters. The molecule has 2 N–H and O–H groups in total. The minimum atomic E-state index is -0.537. The van der Waals surface area contributed by atoms with E-state index in [4.69, 9.17) is 10.3 Å². The van der Waals surface area contributed by atoms with Gasteiger partial charge in [0.1, 0.15) is 0 Å². The van der Waals surface area contributed by atoms with E-state index >= 15 is 0 Å². The van der Waals surface area contributed by atoms with E-state index in [1.165, 1.54) is 0 Å². The van der Waals surface area contributed by atoms with E-state index in [0.29, 0.717) is 11.7 Å². The molecule has 4 nitrogen and oxygen atoms in total. The van der Waals surface area contributed by atoms with Gasteiger partial charge < -0.3 is 10.3 Å². The fourth-order valence-electron chi connectivity index (χ4n) is 1.54. The van der Waals surface area contributed by atoms with Crippen LogP contribution in [0.2, 0.25) is 0 Å². The second-order valence-electron chi connectivity index (χ2n) is 4.51. The summed E-state index contributed by atoms with van der Waals surface area (Å²) in [6.45, 7) is 5.92. The average molecular weight is 231 g/mol. The molecule has 1 heterocycles.